The lowest BCUT2D eigenvalue weighted by atomic mass is 10.1. The average Bonchev–Trinajstić information content (AvgIpc) is 2.94. The van der Waals surface area contributed by atoms with Crippen LogP contribution >= 0.6 is 11.3 Å². The molecular formula is C20H22N4O3S. The molecule has 3 rings (SSSR count). The highest BCUT2D eigenvalue weighted by Crippen LogP contribution is 2.35. The molecule has 0 aliphatic heterocycles. The van der Waals surface area contributed by atoms with E-state index in [-0.39, 0.29) is 12.1 Å². The summed E-state index contributed by atoms with van der Waals surface area (Å²) >= 11 is 1.45. The number of imide groups is 1. The van der Waals surface area contributed by atoms with Crippen molar-refractivity contribution in [3.8, 4) is 10.4 Å². The van der Waals surface area contributed by atoms with E-state index < -0.39 is 17.5 Å². The first-order chi connectivity index (χ1) is 13.2. The summed E-state index contributed by atoms with van der Waals surface area (Å²) in [7, 11) is 0. The van der Waals surface area contributed by atoms with E-state index in [9.17, 15) is 14.4 Å². The van der Waals surface area contributed by atoms with Crippen LogP contribution in [0.5, 0.6) is 0 Å². The van der Waals surface area contributed by atoms with Gasteiger partial charge in [-0.15, -0.1) is 11.3 Å². The zero-order valence-electron chi connectivity index (χ0n) is 16.2. The summed E-state index contributed by atoms with van der Waals surface area (Å²) in [4.78, 5) is 42.8. The van der Waals surface area contributed by atoms with Gasteiger partial charge in [0.1, 0.15) is 11.4 Å². The molecule has 0 bridgehead atoms. The number of amides is 3. The maximum absolute atomic E-state index is 12.9. The maximum Gasteiger partial charge on any atom is 0.321 e. The minimum Gasteiger partial charge on any atom is -0.333 e. The molecule has 0 saturated heterocycles. The summed E-state index contributed by atoms with van der Waals surface area (Å²) in [6.07, 6.45) is 1.34. The highest BCUT2D eigenvalue weighted by molar-refractivity contribution is 7.22. The van der Waals surface area contributed by atoms with Crippen LogP contribution in [0.2, 0.25) is 0 Å². The first-order valence-electron chi connectivity index (χ1n) is 8.81. The standard InChI is InChI=1S/C20H22N4O3S/c1-12-15-17(28-16(12)13-8-6-5-7-9-13)21-11-24(18(15)26)10-14(25)22-19(27)23-20(2,3)4/h5-9,11H,10H2,1-4H3,(H2,22,23,25,27). The van der Waals surface area contributed by atoms with E-state index in [4.69, 9.17) is 0 Å². The van der Waals surface area contributed by atoms with Crippen molar-refractivity contribution < 1.29 is 9.59 Å². The summed E-state index contributed by atoms with van der Waals surface area (Å²) in [6, 6.07) is 9.19. The van der Waals surface area contributed by atoms with E-state index in [1.807, 2.05) is 58.0 Å². The van der Waals surface area contributed by atoms with E-state index in [0.717, 1.165) is 16.0 Å². The Morgan fingerprint density at radius 1 is 1.18 bits per heavy atom. The predicted molar refractivity (Wildman–Crippen MR) is 110 cm³/mol. The van der Waals surface area contributed by atoms with Crippen molar-refractivity contribution in [1.82, 2.24) is 20.2 Å². The smallest absolute Gasteiger partial charge is 0.321 e. The van der Waals surface area contributed by atoms with Gasteiger partial charge in [0.05, 0.1) is 11.7 Å². The number of hydrogen-bond donors (Lipinski definition) is 2. The number of hydrogen-bond acceptors (Lipinski definition) is 5. The van der Waals surface area contributed by atoms with E-state index >= 15 is 0 Å². The lowest BCUT2D eigenvalue weighted by Gasteiger charge is -2.20. The molecule has 28 heavy (non-hydrogen) atoms. The number of benzene rings is 1. The average molecular weight is 398 g/mol. The molecular weight excluding hydrogens is 376 g/mol. The van der Waals surface area contributed by atoms with Crippen molar-refractivity contribution in [1.29, 1.82) is 0 Å². The Balaban J connectivity index is 1.87. The van der Waals surface area contributed by atoms with Crippen LogP contribution in [0.15, 0.2) is 41.5 Å². The maximum atomic E-state index is 12.9. The Bertz CT molecular complexity index is 1090. The number of nitrogens with one attached hydrogen (secondary N) is 2. The van der Waals surface area contributed by atoms with Crippen LogP contribution in [0.1, 0.15) is 26.3 Å². The molecule has 2 N–H and O–H groups in total. The molecule has 0 spiro atoms. The van der Waals surface area contributed by atoms with E-state index in [0.29, 0.717) is 10.2 Å². The highest BCUT2D eigenvalue weighted by atomic mass is 32.1. The molecule has 3 amide bonds. The zero-order chi connectivity index (χ0) is 20.5. The number of rotatable bonds is 3. The summed E-state index contributed by atoms with van der Waals surface area (Å²) < 4.78 is 1.22. The molecule has 0 aliphatic carbocycles. The van der Waals surface area contributed by atoms with Gasteiger partial charge in [0, 0.05) is 10.4 Å². The second-order valence-corrected chi connectivity index (χ2v) is 8.53. The fourth-order valence-corrected chi connectivity index (χ4v) is 3.97. The summed E-state index contributed by atoms with van der Waals surface area (Å²) in [5, 5.41) is 5.37. The predicted octanol–water partition coefficient (Wildman–Crippen LogP) is 3.06. The Morgan fingerprint density at radius 2 is 1.86 bits per heavy atom. The Labute approximate surface area is 166 Å². The van der Waals surface area contributed by atoms with Crippen LogP contribution in [0.25, 0.3) is 20.7 Å². The minimum absolute atomic E-state index is 0.282. The number of urea groups is 1. The minimum atomic E-state index is -0.599. The number of aryl methyl sites for hydroxylation is 1. The molecule has 0 atom stereocenters. The van der Waals surface area contributed by atoms with Crippen LogP contribution < -0.4 is 16.2 Å². The quantitative estimate of drug-likeness (QED) is 0.709. The lowest BCUT2D eigenvalue weighted by Crippen LogP contribution is -2.49. The largest absolute Gasteiger partial charge is 0.333 e. The number of fused-ring (bicyclic) bond motifs is 1. The molecule has 7 nitrogen and oxygen atoms in total. The zero-order valence-corrected chi connectivity index (χ0v) is 17.0. The molecule has 0 fully saturated rings. The molecule has 0 unspecified atom stereocenters. The third kappa shape index (κ3) is 4.28. The number of carbonyl (C=O) groups is 2. The number of thiophene rings is 1. The number of carbonyl (C=O) groups excluding carboxylic acids is 2. The van der Waals surface area contributed by atoms with Gasteiger partial charge in [-0.3, -0.25) is 19.5 Å². The molecule has 2 aromatic heterocycles. The Hall–Kier alpha value is -3.00. The van der Waals surface area contributed by atoms with Crippen LogP contribution in [0.3, 0.4) is 0 Å². The van der Waals surface area contributed by atoms with Crippen molar-refractivity contribution in [3.63, 3.8) is 0 Å². The monoisotopic (exact) mass is 398 g/mol. The fourth-order valence-electron chi connectivity index (χ4n) is 2.83. The van der Waals surface area contributed by atoms with Crippen LogP contribution in [-0.4, -0.2) is 27.0 Å². The van der Waals surface area contributed by atoms with Gasteiger partial charge >= 0.3 is 6.03 Å². The summed E-state index contributed by atoms with van der Waals surface area (Å²) in [6.45, 7) is 7.02. The molecule has 0 aliphatic rings. The second-order valence-electron chi connectivity index (χ2n) is 7.53. The first-order valence-corrected chi connectivity index (χ1v) is 9.63. The normalized spacial score (nSPS) is 11.4. The van der Waals surface area contributed by atoms with Crippen molar-refractivity contribution in [2.45, 2.75) is 39.8 Å². The molecule has 0 saturated carbocycles. The first kappa shape index (κ1) is 19.8. The van der Waals surface area contributed by atoms with Crippen molar-refractivity contribution in [2.75, 3.05) is 0 Å². The van der Waals surface area contributed by atoms with E-state index in [1.54, 1.807) is 0 Å². The fraction of sp³-hybridized carbons (Fsp3) is 0.300. The third-order valence-corrected chi connectivity index (χ3v) is 5.26. The molecule has 8 heteroatoms. The molecule has 146 valence electrons. The molecule has 3 aromatic rings. The van der Waals surface area contributed by atoms with Gasteiger partial charge in [0.2, 0.25) is 5.91 Å². The van der Waals surface area contributed by atoms with Gasteiger partial charge in [-0.25, -0.2) is 9.78 Å². The number of nitrogens with zero attached hydrogens (tertiary/aromatic N) is 2. The highest BCUT2D eigenvalue weighted by Gasteiger charge is 2.18. The number of aromatic nitrogens is 2. The van der Waals surface area contributed by atoms with E-state index in [1.165, 1.54) is 22.2 Å². The summed E-state index contributed by atoms with van der Waals surface area (Å²) in [5.41, 5.74) is 1.09. The van der Waals surface area contributed by atoms with Crippen molar-refractivity contribution in [2.24, 2.45) is 0 Å². The lowest BCUT2D eigenvalue weighted by molar-refractivity contribution is -0.120. The second kappa shape index (κ2) is 7.55. The van der Waals surface area contributed by atoms with Crippen molar-refractivity contribution in [3.05, 3.63) is 52.6 Å². The molecule has 0 radical (unpaired) electrons. The van der Waals surface area contributed by atoms with Gasteiger partial charge < -0.3 is 5.32 Å². The SMILES string of the molecule is Cc1c(-c2ccccc2)sc2ncn(CC(=O)NC(=O)NC(C)(C)C)c(=O)c12. The van der Waals surface area contributed by atoms with Crippen molar-refractivity contribution >= 4 is 33.5 Å². The van der Waals surface area contributed by atoms with Gasteiger partial charge in [-0.1, -0.05) is 30.3 Å². The van der Waals surface area contributed by atoms with Gasteiger partial charge in [0.15, 0.2) is 0 Å². The van der Waals surface area contributed by atoms with Crippen LogP contribution in [0, 0.1) is 6.92 Å². The van der Waals surface area contributed by atoms with Crippen LogP contribution in [-0.2, 0) is 11.3 Å². The molecule has 2 heterocycles. The van der Waals surface area contributed by atoms with E-state index in [2.05, 4.69) is 15.6 Å². The topological polar surface area (TPSA) is 93.1 Å². The third-order valence-electron chi connectivity index (χ3n) is 4.01. The Kier molecular flexibility index (Phi) is 5.33. The molecule has 1 aromatic carbocycles. The van der Waals surface area contributed by atoms with Gasteiger partial charge in [0.25, 0.3) is 5.56 Å². The van der Waals surface area contributed by atoms with Crippen LogP contribution in [0.4, 0.5) is 4.79 Å². The van der Waals surface area contributed by atoms with Gasteiger partial charge in [-0.05, 0) is 38.8 Å². The Morgan fingerprint density at radius 3 is 2.50 bits per heavy atom. The summed E-state index contributed by atoms with van der Waals surface area (Å²) in [5.74, 6) is -0.582. The van der Waals surface area contributed by atoms with Gasteiger partial charge in [-0.2, -0.15) is 0 Å².